The van der Waals surface area contributed by atoms with Gasteiger partial charge in [-0.25, -0.2) is 0 Å². The maximum atomic E-state index is 12.5. The van der Waals surface area contributed by atoms with E-state index in [1.54, 1.807) is 12.0 Å². The molecule has 0 unspecified atom stereocenters. The molecule has 2 aliphatic heterocycles. The number of carbonyl (C=O) groups is 1. The van der Waals surface area contributed by atoms with Gasteiger partial charge in [0.15, 0.2) is 0 Å². The van der Waals surface area contributed by atoms with Gasteiger partial charge in [-0.05, 0) is 23.3 Å². The van der Waals surface area contributed by atoms with E-state index in [9.17, 15) is 4.79 Å². The molecular formula is C18H16N2O2. The molecule has 0 bridgehead atoms. The fraction of sp³-hybridized carbons (Fsp3) is 0.222. The highest BCUT2D eigenvalue weighted by Crippen LogP contribution is 2.34. The molecule has 4 heteroatoms. The largest absolute Gasteiger partial charge is 0.497 e. The standard InChI is InChI=1S/C18H16N2O2/c1-22-14-8-6-12(7-9-14)16-10-17(21)20-11-13-4-2-3-5-15(13)18(20)19-16/h2-9,16H,10-11H2,1H3/t16-/m0/s1. The highest BCUT2D eigenvalue weighted by molar-refractivity contribution is 6.12. The van der Waals surface area contributed by atoms with Crippen molar-refractivity contribution in [2.24, 2.45) is 4.99 Å². The van der Waals surface area contributed by atoms with Gasteiger partial charge < -0.3 is 4.74 Å². The molecule has 0 fully saturated rings. The number of fused-ring (bicyclic) bond motifs is 3. The molecule has 2 aromatic rings. The zero-order valence-electron chi connectivity index (χ0n) is 12.3. The molecule has 0 saturated carbocycles. The highest BCUT2D eigenvalue weighted by Gasteiger charge is 2.35. The van der Waals surface area contributed by atoms with Crippen LogP contribution in [-0.2, 0) is 11.3 Å². The van der Waals surface area contributed by atoms with E-state index < -0.39 is 0 Å². The van der Waals surface area contributed by atoms with E-state index >= 15 is 0 Å². The van der Waals surface area contributed by atoms with E-state index in [2.05, 4.69) is 6.07 Å². The van der Waals surface area contributed by atoms with Crippen LogP contribution < -0.4 is 4.74 Å². The molecule has 0 aliphatic carbocycles. The summed E-state index contributed by atoms with van der Waals surface area (Å²) in [6.07, 6.45) is 0.420. The smallest absolute Gasteiger partial charge is 0.230 e. The molecular weight excluding hydrogens is 276 g/mol. The molecule has 2 heterocycles. The van der Waals surface area contributed by atoms with Crippen molar-refractivity contribution < 1.29 is 9.53 Å². The normalized spacial score (nSPS) is 19.5. The fourth-order valence-corrected chi connectivity index (χ4v) is 3.10. The summed E-state index contributed by atoms with van der Waals surface area (Å²) >= 11 is 0. The van der Waals surface area contributed by atoms with Gasteiger partial charge in [0, 0.05) is 5.56 Å². The Hall–Kier alpha value is -2.62. The number of amides is 1. The summed E-state index contributed by atoms with van der Waals surface area (Å²) in [6, 6.07) is 15.8. The zero-order chi connectivity index (χ0) is 15.1. The fourth-order valence-electron chi connectivity index (χ4n) is 3.10. The average molecular weight is 292 g/mol. The lowest BCUT2D eigenvalue weighted by atomic mass is 10.0. The highest BCUT2D eigenvalue weighted by atomic mass is 16.5. The van der Waals surface area contributed by atoms with Crippen LogP contribution in [0.5, 0.6) is 5.75 Å². The third kappa shape index (κ3) is 1.99. The molecule has 0 spiro atoms. The number of ether oxygens (including phenoxy) is 1. The van der Waals surface area contributed by atoms with Gasteiger partial charge >= 0.3 is 0 Å². The zero-order valence-corrected chi connectivity index (χ0v) is 12.3. The van der Waals surface area contributed by atoms with Crippen molar-refractivity contribution >= 4 is 11.7 Å². The van der Waals surface area contributed by atoms with Crippen LogP contribution in [0.2, 0.25) is 0 Å². The van der Waals surface area contributed by atoms with E-state index in [4.69, 9.17) is 9.73 Å². The Balaban J connectivity index is 1.74. The lowest BCUT2D eigenvalue weighted by Crippen LogP contribution is -2.36. The van der Waals surface area contributed by atoms with Crippen molar-refractivity contribution in [3.63, 3.8) is 0 Å². The summed E-state index contributed by atoms with van der Waals surface area (Å²) in [6.45, 7) is 0.642. The Morgan fingerprint density at radius 3 is 2.68 bits per heavy atom. The molecule has 0 aromatic heterocycles. The Morgan fingerprint density at radius 2 is 1.91 bits per heavy atom. The average Bonchev–Trinajstić information content (AvgIpc) is 2.94. The van der Waals surface area contributed by atoms with Gasteiger partial charge in [0.25, 0.3) is 0 Å². The summed E-state index contributed by atoms with van der Waals surface area (Å²) in [5, 5.41) is 0. The topological polar surface area (TPSA) is 41.9 Å². The molecule has 110 valence electrons. The maximum Gasteiger partial charge on any atom is 0.230 e. The minimum absolute atomic E-state index is 0.115. The van der Waals surface area contributed by atoms with E-state index in [0.29, 0.717) is 13.0 Å². The number of methoxy groups -OCH3 is 1. The Bertz CT molecular complexity index is 765. The van der Waals surface area contributed by atoms with Gasteiger partial charge in [-0.3, -0.25) is 14.7 Å². The quantitative estimate of drug-likeness (QED) is 0.854. The van der Waals surface area contributed by atoms with Gasteiger partial charge in [-0.1, -0.05) is 36.4 Å². The summed E-state index contributed by atoms with van der Waals surface area (Å²) in [7, 11) is 1.65. The Labute approximate surface area is 129 Å². The van der Waals surface area contributed by atoms with Gasteiger partial charge in [0.2, 0.25) is 5.91 Å². The first kappa shape index (κ1) is 13.1. The minimum atomic E-state index is -0.115. The van der Waals surface area contributed by atoms with Gasteiger partial charge in [0.1, 0.15) is 11.6 Å². The second-order valence-corrected chi connectivity index (χ2v) is 5.58. The molecule has 0 N–H and O–H groups in total. The molecule has 4 rings (SSSR count). The van der Waals surface area contributed by atoms with Gasteiger partial charge in [-0.2, -0.15) is 0 Å². The predicted molar refractivity (Wildman–Crippen MR) is 83.9 cm³/mol. The van der Waals surface area contributed by atoms with Crippen molar-refractivity contribution in [1.29, 1.82) is 0 Å². The van der Waals surface area contributed by atoms with Crippen molar-refractivity contribution in [2.75, 3.05) is 7.11 Å². The first-order valence-electron chi connectivity index (χ1n) is 7.36. The second kappa shape index (κ2) is 4.98. The summed E-state index contributed by atoms with van der Waals surface area (Å²) in [4.78, 5) is 19.1. The maximum absolute atomic E-state index is 12.5. The lowest BCUT2D eigenvalue weighted by Gasteiger charge is -2.26. The molecule has 4 nitrogen and oxygen atoms in total. The molecule has 1 amide bonds. The number of nitrogens with zero attached hydrogens (tertiary/aromatic N) is 2. The molecule has 2 aliphatic rings. The summed E-state index contributed by atoms with van der Waals surface area (Å²) < 4.78 is 5.18. The van der Waals surface area contributed by atoms with Crippen LogP contribution in [0.3, 0.4) is 0 Å². The number of benzene rings is 2. The minimum Gasteiger partial charge on any atom is -0.497 e. The molecule has 2 aromatic carbocycles. The number of carbonyl (C=O) groups excluding carboxylic acids is 1. The van der Waals surface area contributed by atoms with Crippen molar-refractivity contribution in [3.05, 3.63) is 65.2 Å². The Morgan fingerprint density at radius 1 is 1.14 bits per heavy atom. The Kier molecular flexibility index (Phi) is 2.96. The summed E-state index contributed by atoms with van der Waals surface area (Å²) in [5.41, 5.74) is 3.30. The molecule has 0 saturated heterocycles. The molecule has 22 heavy (non-hydrogen) atoms. The number of hydrogen-bond donors (Lipinski definition) is 0. The van der Waals surface area contributed by atoms with Crippen LogP contribution in [0.4, 0.5) is 0 Å². The van der Waals surface area contributed by atoms with E-state index in [0.717, 1.165) is 22.7 Å². The third-order valence-corrected chi connectivity index (χ3v) is 4.29. The SMILES string of the molecule is COc1ccc([C@@H]2CC(=O)N3Cc4ccccc4C3=N2)cc1. The van der Waals surface area contributed by atoms with E-state index in [-0.39, 0.29) is 11.9 Å². The summed E-state index contributed by atoms with van der Waals surface area (Å²) in [5.74, 6) is 1.76. The van der Waals surface area contributed by atoms with E-state index in [1.165, 1.54) is 5.56 Å². The van der Waals surface area contributed by atoms with Gasteiger partial charge in [0.05, 0.1) is 26.1 Å². The first-order chi connectivity index (χ1) is 10.8. The number of hydrogen-bond acceptors (Lipinski definition) is 3. The van der Waals surface area contributed by atoms with Crippen LogP contribution in [0.15, 0.2) is 53.5 Å². The molecule has 1 atom stereocenters. The number of amidine groups is 1. The van der Waals surface area contributed by atoms with Crippen LogP contribution in [0, 0.1) is 0 Å². The predicted octanol–water partition coefficient (Wildman–Crippen LogP) is 2.93. The van der Waals surface area contributed by atoms with Crippen molar-refractivity contribution in [1.82, 2.24) is 4.90 Å². The molecule has 0 radical (unpaired) electrons. The number of rotatable bonds is 2. The first-order valence-corrected chi connectivity index (χ1v) is 7.36. The monoisotopic (exact) mass is 292 g/mol. The van der Waals surface area contributed by atoms with Crippen LogP contribution >= 0.6 is 0 Å². The van der Waals surface area contributed by atoms with E-state index in [1.807, 2.05) is 42.5 Å². The van der Waals surface area contributed by atoms with Crippen molar-refractivity contribution in [2.45, 2.75) is 19.0 Å². The number of aliphatic imine (C=N–C) groups is 1. The van der Waals surface area contributed by atoms with Crippen LogP contribution in [-0.4, -0.2) is 23.8 Å². The third-order valence-electron chi connectivity index (χ3n) is 4.29. The van der Waals surface area contributed by atoms with Crippen LogP contribution in [0.25, 0.3) is 0 Å². The van der Waals surface area contributed by atoms with Crippen LogP contribution in [0.1, 0.15) is 29.2 Å². The lowest BCUT2D eigenvalue weighted by molar-refractivity contribution is -0.128. The van der Waals surface area contributed by atoms with Gasteiger partial charge in [-0.15, -0.1) is 0 Å². The second-order valence-electron chi connectivity index (χ2n) is 5.58. The van der Waals surface area contributed by atoms with Crippen molar-refractivity contribution in [3.8, 4) is 5.75 Å².